The van der Waals surface area contributed by atoms with Crippen molar-refractivity contribution in [2.75, 3.05) is 19.0 Å². The molecule has 174 valence electrons. The van der Waals surface area contributed by atoms with Crippen LogP contribution in [0.5, 0.6) is 0 Å². The first kappa shape index (κ1) is 23.8. The molecule has 2 aromatic heterocycles. The van der Waals surface area contributed by atoms with E-state index in [1.165, 1.54) is 4.68 Å². The number of ether oxygens (including phenoxy) is 2. The average Bonchev–Trinajstić information content (AvgIpc) is 3.21. The minimum Gasteiger partial charge on any atom is -0.443 e. The number of pyridine rings is 1. The Bertz CT molecular complexity index is 1080. The number of hydrogen-bond acceptors (Lipinski definition) is 9. The number of amides is 1. The molecule has 3 aromatic rings. The van der Waals surface area contributed by atoms with Gasteiger partial charge in [0.25, 0.3) is 0 Å². The van der Waals surface area contributed by atoms with Crippen molar-refractivity contribution in [1.82, 2.24) is 25.2 Å². The van der Waals surface area contributed by atoms with E-state index in [2.05, 4.69) is 31.0 Å². The molecule has 2 heterocycles. The Hall–Kier alpha value is -3.86. The molecule has 3 rings (SSSR count). The highest BCUT2D eigenvalue weighted by molar-refractivity contribution is 6.10. The largest absolute Gasteiger partial charge is 0.443 e. The van der Waals surface area contributed by atoms with E-state index in [1.807, 2.05) is 44.2 Å². The maximum atomic E-state index is 12.2. The Morgan fingerprint density at radius 2 is 1.94 bits per heavy atom. The van der Waals surface area contributed by atoms with Crippen LogP contribution in [-0.4, -0.2) is 56.3 Å². The van der Waals surface area contributed by atoms with Gasteiger partial charge in [0.15, 0.2) is 12.3 Å². The van der Waals surface area contributed by atoms with Crippen LogP contribution in [0.2, 0.25) is 0 Å². The molecular formula is C22H27N7O4. The van der Waals surface area contributed by atoms with Gasteiger partial charge in [-0.25, -0.2) is 14.5 Å². The van der Waals surface area contributed by atoms with Gasteiger partial charge in [-0.2, -0.15) is 0 Å². The van der Waals surface area contributed by atoms with Gasteiger partial charge in [0, 0.05) is 32.7 Å². The van der Waals surface area contributed by atoms with Crippen LogP contribution in [0.15, 0.2) is 53.7 Å². The molecule has 0 saturated carbocycles. The molecule has 0 bridgehead atoms. The van der Waals surface area contributed by atoms with Crippen LogP contribution >= 0.6 is 0 Å². The molecule has 0 unspecified atom stereocenters. The van der Waals surface area contributed by atoms with Crippen molar-refractivity contribution in [1.29, 1.82) is 0 Å². The number of carbonyl (C=O) groups is 1. The number of aromatic nitrogens is 5. The van der Waals surface area contributed by atoms with Crippen LogP contribution in [-0.2, 0) is 28.0 Å². The van der Waals surface area contributed by atoms with Crippen molar-refractivity contribution >= 4 is 17.6 Å². The average molecular weight is 454 g/mol. The van der Waals surface area contributed by atoms with Crippen molar-refractivity contribution in [2.24, 2.45) is 12.2 Å². The van der Waals surface area contributed by atoms with E-state index in [0.29, 0.717) is 36.1 Å². The third kappa shape index (κ3) is 7.07. The molecule has 1 amide bonds. The molecule has 33 heavy (non-hydrogen) atoms. The quantitative estimate of drug-likeness (QED) is 0.367. The Kier molecular flexibility index (Phi) is 8.03. The van der Waals surface area contributed by atoms with Crippen LogP contribution in [0.3, 0.4) is 0 Å². The van der Waals surface area contributed by atoms with E-state index in [-0.39, 0.29) is 6.61 Å². The van der Waals surface area contributed by atoms with Gasteiger partial charge in [-0.15, -0.1) is 5.10 Å². The monoisotopic (exact) mass is 453 g/mol. The summed E-state index contributed by atoms with van der Waals surface area (Å²) in [4.78, 5) is 22.2. The molecule has 1 N–H and O–H groups in total. The van der Waals surface area contributed by atoms with Gasteiger partial charge in [0.1, 0.15) is 11.4 Å². The molecule has 0 fully saturated rings. The molecular weight excluding hydrogens is 426 g/mol. The molecule has 0 radical (unpaired) electrons. The Morgan fingerprint density at radius 3 is 2.64 bits per heavy atom. The van der Waals surface area contributed by atoms with Gasteiger partial charge < -0.3 is 14.3 Å². The van der Waals surface area contributed by atoms with Crippen molar-refractivity contribution in [2.45, 2.75) is 32.5 Å². The summed E-state index contributed by atoms with van der Waals surface area (Å²) in [5.74, 6) is 0.803. The first-order valence-electron chi connectivity index (χ1n) is 10.3. The number of methoxy groups -OCH3 is 1. The van der Waals surface area contributed by atoms with Crippen molar-refractivity contribution in [3.63, 3.8) is 0 Å². The number of rotatable bonds is 10. The standard InChI is InChI=1S/C22H27N7O4/c1-22(2,13-14-31-4)33-21(30)24-18-12-8-11-17(23-18)15-32-26-19(16-9-6-5-7-10-16)20-25-27-28-29(20)3/h5-12H,13-15H2,1-4H3,(H,23,24,30)/b26-19-. The summed E-state index contributed by atoms with van der Waals surface area (Å²) in [6.07, 6.45) is -0.0260. The van der Waals surface area contributed by atoms with Gasteiger partial charge in [-0.1, -0.05) is 41.6 Å². The summed E-state index contributed by atoms with van der Waals surface area (Å²) in [6, 6.07) is 14.6. The number of tetrazole rings is 1. The van der Waals surface area contributed by atoms with Crippen molar-refractivity contribution < 1.29 is 19.1 Å². The fourth-order valence-corrected chi connectivity index (χ4v) is 2.82. The lowest BCUT2D eigenvalue weighted by Crippen LogP contribution is -2.32. The first-order valence-corrected chi connectivity index (χ1v) is 10.3. The minimum absolute atomic E-state index is 0.0749. The number of nitrogens with one attached hydrogen (secondary N) is 1. The Balaban J connectivity index is 1.65. The normalized spacial score (nSPS) is 11.8. The van der Waals surface area contributed by atoms with Gasteiger partial charge in [0.05, 0.1) is 5.69 Å². The number of carbonyl (C=O) groups excluding carboxylic acids is 1. The number of hydrogen-bond donors (Lipinski definition) is 1. The summed E-state index contributed by atoms with van der Waals surface area (Å²) in [5, 5.41) is 18.4. The smallest absolute Gasteiger partial charge is 0.413 e. The highest BCUT2D eigenvalue weighted by Crippen LogP contribution is 2.16. The number of nitrogens with zero attached hydrogens (tertiary/aromatic N) is 6. The molecule has 0 aliphatic heterocycles. The summed E-state index contributed by atoms with van der Waals surface area (Å²) >= 11 is 0. The van der Waals surface area contributed by atoms with Crippen LogP contribution in [0, 0.1) is 0 Å². The molecule has 1 aromatic carbocycles. The second-order valence-corrected chi connectivity index (χ2v) is 7.74. The van der Waals surface area contributed by atoms with Crippen LogP contribution in [0.4, 0.5) is 10.6 Å². The highest BCUT2D eigenvalue weighted by Gasteiger charge is 2.23. The predicted octanol–water partition coefficient (Wildman–Crippen LogP) is 2.94. The zero-order valence-electron chi connectivity index (χ0n) is 19.1. The van der Waals surface area contributed by atoms with E-state index < -0.39 is 11.7 Å². The lowest BCUT2D eigenvalue weighted by molar-refractivity contribution is 0.0225. The van der Waals surface area contributed by atoms with E-state index in [0.717, 1.165) is 5.56 Å². The van der Waals surface area contributed by atoms with E-state index in [4.69, 9.17) is 14.3 Å². The van der Waals surface area contributed by atoms with Gasteiger partial charge in [0.2, 0.25) is 5.82 Å². The summed E-state index contributed by atoms with van der Waals surface area (Å²) in [5.41, 5.74) is 1.19. The highest BCUT2D eigenvalue weighted by atomic mass is 16.6. The van der Waals surface area contributed by atoms with Crippen LogP contribution in [0.25, 0.3) is 0 Å². The zero-order valence-corrected chi connectivity index (χ0v) is 19.1. The van der Waals surface area contributed by atoms with Crippen LogP contribution in [0.1, 0.15) is 37.4 Å². The topological polar surface area (TPSA) is 126 Å². The number of benzene rings is 1. The van der Waals surface area contributed by atoms with Crippen molar-refractivity contribution in [3.8, 4) is 0 Å². The van der Waals surface area contributed by atoms with E-state index in [1.54, 1.807) is 32.4 Å². The second kappa shape index (κ2) is 11.1. The fraction of sp³-hybridized carbons (Fsp3) is 0.364. The lowest BCUT2D eigenvalue weighted by atomic mass is 10.1. The fourth-order valence-electron chi connectivity index (χ4n) is 2.82. The van der Waals surface area contributed by atoms with E-state index in [9.17, 15) is 4.79 Å². The van der Waals surface area contributed by atoms with Gasteiger partial charge in [-0.3, -0.25) is 5.32 Å². The summed E-state index contributed by atoms with van der Waals surface area (Å²) < 4.78 is 12.0. The van der Waals surface area contributed by atoms with E-state index >= 15 is 0 Å². The summed E-state index contributed by atoms with van der Waals surface area (Å²) in [6.45, 7) is 4.20. The molecule has 0 spiro atoms. The first-order chi connectivity index (χ1) is 15.9. The third-order valence-corrected chi connectivity index (χ3v) is 4.56. The maximum absolute atomic E-state index is 12.2. The molecule has 0 aliphatic rings. The molecule has 0 atom stereocenters. The number of aryl methyl sites for hydroxylation is 1. The third-order valence-electron chi connectivity index (χ3n) is 4.56. The van der Waals surface area contributed by atoms with Crippen LogP contribution < -0.4 is 5.32 Å². The number of anilines is 1. The zero-order chi connectivity index (χ0) is 23.7. The predicted molar refractivity (Wildman–Crippen MR) is 121 cm³/mol. The molecule has 11 heteroatoms. The second-order valence-electron chi connectivity index (χ2n) is 7.74. The maximum Gasteiger partial charge on any atom is 0.413 e. The molecule has 0 saturated heterocycles. The van der Waals surface area contributed by atoms with Gasteiger partial charge >= 0.3 is 6.09 Å². The molecule has 0 aliphatic carbocycles. The number of oxime groups is 1. The Morgan fingerprint density at radius 1 is 1.15 bits per heavy atom. The van der Waals surface area contributed by atoms with Crippen molar-refractivity contribution in [3.05, 3.63) is 65.6 Å². The Labute approximate surface area is 191 Å². The lowest BCUT2D eigenvalue weighted by Gasteiger charge is -2.24. The van der Waals surface area contributed by atoms with Gasteiger partial charge in [-0.05, 0) is 36.4 Å². The summed E-state index contributed by atoms with van der Waals surface area (Å²) in [7, 11) is 3.32. The minimum atomic E-state index is -0.669. The SMILES string of the molecule is COCCC(C)(C)OC(=O)Nc1cccc(CO/N=C(/c2ccccc2)c2nnnn2C)n1. The molecule has 11 nitrogen and oxygen atoms in total.